The Hall–Kier alpha value is -1.49. The monoisotopic (exact) mass is 198 g/mol. The number of aromatic nitrogens is 1. The summed E-state index contributed by atoms with van der Waals surface area (Å²) in [4.78, 5) is 14.3. The molecule has 0 aliphatic heterocycles. The second-order valence-corrected chi connectivity index (χ2v) is 2.82. The number of carbonyl (C=O) groups excluding carboxylic acids is 1. The van der Waals surface area contributed by atoms with Gasteiger partial charge < -0.3 is 10.5 Å². The standard InChI is InChI=1S/C9H11FN2O2/c1-14-9(13)7(11)4-6-2-3-12-8(10)5-6/h2-3,5,7H,4,11H2,1H3/t7-/m0/s1. The van der Waals surface area contributed by atoms with Crippen molar-refractivity contribution >= 4 is 5.97 Å². The molecule has 1 aromatic heterocycles. The van der Waals surface area contributed by atoms with Gasteiger partial charge in [0.05, 0.1) is 7.11 Å². The van der Waals surface area contributed by atoms with E-state index in [-0.39, 0.29) is 6.42 Å². The van der Waals surface area contributed by atoms with Crippen molar-refractivity contribution in [3.05, 3.63) is 29.8 Å². The molecule has 0 unspecified atom stereocenters. The van der Waals surface area contributed by atoms with Crippen molar-refractivity contribution in [3.8, 4) is 0 Å². The van der Waals surface area contributed by atoms with Crippen LogP contribution in [0.15, 0.2) is 18.3 Å². The Morgan fingerprint density at radius 1 is 1.79 bits per heavy atom. The summed E-state index contributed by atoms with van der Waals surface area (Å²) in [6.45, 7) is 0. The molecule has 0 spiro atoms. The molecule has 14 heavy (non-hydrogen) atoms. The van der Waals surface area contributed by atoms with Crippen molar-refractivity contribution in [1.29, 1.82) is 0 Å². The lowest BCUT2D eigenvalue weighted by Gasteiger charge is -2.08. The van der Waals surface area contributed by atoms with Gasteiger partial charge in [0.2, 0.25) is 5.95 Å². The smallest absolute Gasteiger partial charge is 0.322 e. The highest BCUT2D eigenvalue weighted by molar-refractivity contribution is 5.75. The fraction of sp³-hybridized carbons (Fsp3) is 0.333. The minimum absolute atomic E-state index is 0.242. The second-order valence-electron chi connectivity index (χ2n) is 2.82. The highest BCUT2D eigenvalue weighted by Gasteiger charge is 2.14. The van der Waals surface area contributed by atoms with Gasteiger partial charge in [0, 0.05) is 6.20 Å². The van der Waals surface area contributed by atoms with Crippen molar-refractivity contribution in [2.45, 2.75) is 12.5 Å². The highest BCUT2D eigenvalue weighted by Crippen LogP contribution is 2.03. The number of halogens is 1. The highest BCUT2D eigenvalue weighted by atomic mass is 19.1. The molecule has 0 saturated carbocycles. The number of hydrogen-bond acceptors (Lipinski definition) is 4. The van der Waals surface area contributed by atoms with Crippen LogP contribution in [0.1, 0.15) is 5.56 Å². The minimum atomic E-state index is -0.762. The quantitative estimate of drug-likeness (QED) is 0.559. The first kappa shape index (κ1) is 10.6. The lowest BCUT2D eigenvalue weighted by atomic mass is 10.1. The van der Waals surface area contributed by atoms with Gasteiger partial charge in [-0.05, 0) is 24.1 Å². The van der Waals surface area contributed by atoms with Crippen LogP contribution < -0.4 is 5.73 Å². The number of hydrogen-bond donors (Lipinski definition) is 1. The molecule has 0 bridgehead atoms. The second kappa shape index (κ2) is 4.66. The molecule has 2 N–H and O–H groups in total. The number of methoxy groups -OCH3 is 1. The maximum Gasteiger partial charge on any atom is 0.322 e. The van der Waals surface area contributed by atoms with Gasteiger partial charge in [0.1, 0.15) is 6.04 Å². The zero-order valence-corrected chi connectivity index (χ0v) is 7.74. The molecule has 76 valence electrons. The third kappa shape index (κ3) is 2.77. The van der Waals surface area contributed by atoms with Gasteiger partial charge in [-0.3, -0.25) is 4.79 Å². The van der Waals surface area contributed by atoms with Gasteiger partial charge in [-0.2, -0.15) is 4.39 Å². The summed E-state index contributed by atoms with van der Waals surface area (Å²) in [5, 5.41) is 0. The molecule has 1 rings (SSSR count). The summed E-state index contributed by atoms with van der Waals surface area (Å²) >= 11 is 0. The Balaban J connectivity index is 2.64. The van der Waals surface area contributed by atoms with Crippen molar-refractivity contribution in [2.75, 3.05) is 7.11 Å². The Bertz CT molecular complexity index is 330. The average Bonchev–Trinajstić information content (AvgIpc) is 2.16. The molecule has 0 aromatic carbocycles. The summed E-state index contributed by atoms with van der Waals surface area (Å²) < 4.78 is 17.1. The van der Waals surface area contributed by atoms with Gasteiger partial charge in [-0.15, -0.1) is 0 Å². The maximum atomic E-state index is 12.6. The van der Waals surface area contributed by atoms with Crippen LogP contribution in [0, 0.1) is 5.95 Å². The van der Waals surface area contributed by atoms with Crippen LogP contribution in [0.3, 0.4) is 0 Å². The summed E-state index contributed by atoms with van der Waals surface area (Å²) in [7, 11) is 1.26. The molecule has 0 radical (unpaired) electrons. The third-order valence-corrected chi connectivity index (χ3v) is 1.75. The Kier molecular flexibility index (Phi) is 3.53. The topological polar surface area (TPSA) is 65.2 Å². The number of nitrogens with zero attached hydrogens (tertiary/aromatic N) is 1. The first-order valence-electron chi connectivity index (χ1n) is 4.07. The minimum Gasteiger partial charge on any atom is -0.468 e. The molecule has 0 aliphatic rings. The molecule has 0 fully saturated rings. The molecule has 5 heteroatoms. The lowest BCUT2D eigenvalue weighted by molar-refractivity contribution is -0.142. The first-order valence-corrected chi connectivity index (χ1v) is 4.07. The molecule has 4 nitrogen and oxygen atoms in total. The molecule has 0 saturated heterocycles. The normalized spacial score (nSPS) is 12.2. The number of pyridine rings is 1. The number of ether oxygens (including phenoxy) is 1. The van der Waals surface area contributed by atoms with E-state index in [9.17, 15) is 9.18 Å². The van der Waals surface area contributed by atoms with Crippen LogP contribution in [-0.4, -0.2) is 24.1 Å². The predicted molar refractivity (Wildman–Crippen MR) is 47.9 cm³/mol. The average molecular weight is 198 g/mol. The van der Waals surface area contributed by atoms with E-state index < -0.39 is 18.0 Å². The van der Waals surface area contributed by atoms with Gasteiger partial charge in [0.15, 0.2) is 0 Å². The summed E-state index contributed by atoms with van der Waals surface area (Å²) in [5.74, 6) is -1.10. The van der Waals surface area contributed by atoms with Crippen molar-refractivity contribution in [1.82, 2.24) is 4.98 Å². The summed E-state index contributed by atoms with van der Waals surface area (Å²) in [5.41, 5.74) is 6.11. The van der Waals surface area contributed by atoms with E-state index >= 15 is 0 Å². The Morgan fingerprint density at radius 2 is 2.50 bits per heavy atom. The van der Waals surface area contributed by atoms with E-state index in [1.807, 2.05) is 0 Å². The molecule has 1 heterocycles. The SMILES string of the molecule is COC(=O)[C@@H](N)Cc1ccnc(F)c1. The maximum absolute atomic E-state index is 12.6. The molecular weight excluding hydrogens is 187 g/mol. The number of carbonyl (C=O) groups is 1. The van der Waals surface area contributed by atoms with Crippen molar-refractivity contribution in [3.63, 3.8) is 0 Å². The molecule has 1 atom stereocenters. The van der Waals surface area contributed by atoms with Gasteiger partial charge >= 0.3 is 5.97 Å². The Morgan fingerprint density at radius 3 is 3.07 bits per heavy atom. The molecule has 0 amide bonds. The summed E-state index contributed by atoms with van der Waals surface area (Å²) in [6, 6.07) is 2.08. The number of esters is 1. The van der Waals surface area contributed by atoms with Crippen LogP contribution in [-0.2, 0) is 16.0 Å². The van der Waals surface area contributed by atoms with E-state index in [0.717, 1.165) is 0 Å². The van der Waals surface area contributed by atoms with E-state index in [0.29, 0.717) is 5.56 Å². The van der Waals surface area contributed by atoms with Crippen molar-refractivity contribution < 1.29 is 13.9 Å². The van der Waals surface area contributed by atoms with Crippen LogP contribution in [0.5, 0.6) is 0 Å². The fourth-order valence-corrected chi connectivity index (χ4v) is 1.06. The van der Waals surface area contributed by atoms with Gasteiger partial charge in [0.25, 0.3) is 0 Å². The molecular formula is C9H11FN2O2. The van der Waals surface area contributed by atoms with E-state index in [1.54, 1.807) is 6.07 Å². The van der Waals surface area contributed by atoms with E-state index in [1.165, 1.54) is 19.4 Å². The van der Waals surface area contributed by atoms with Crippen LogP contribution in [0.25, 0.3) is 0 Å². The predicted octanol–water partition coefficient (Wildman–Crippen LogP) is 0.263. The first-order chi connectivity index (χ1) is 6.63. The van der Waals surface area contributed by atoms with E-state index in [4.69, 9.17) is 5.73 Å². The molecule has 0 aliphatic carbocycles. The lowest BCUT2D eigenvalue weighted by Crippen LogP contribution is -2.33. The number of nitrogens with two attached hydrogens (primary N) is 1. The Labute approximate surface area is 80.9 Å². The summed E-state index contributed by atoms with van der Waals surface area (Å²) in [6.07, 6.45) is 1.57. The van der Waals surface area contributed by atoms with Crippen LogP contribution >= 0.6 is 0 Å². The van der Waals surface area contributed by atoms with Gasteiger partial charge in [-0.25, -0.2) is 4.98 Å². The zero-order chi connectivity index (χ0) is 10.6. The zero-order valence-electron chi connectivity index (χ0n) is 7.74. The largest absolute Gasteiger partial charge is 0.468 e. The van der Waals surface area contributed by atoms with Crippen LogP contribution in [0.2, 0.25) is 0 Å². The van der Waals surface area contributed by atoms with Gasteiger partial charge in [-0.1, -0.05) is 0 Å². The molecule has 1 aromatic rings. The third-order valence-electron chi connectivity index (χ3n) is 1.75. The van der Waals surface area contributed by atoms with Crippen molar-refractivity contribution in [2.24, 2.45) is 5.73 Å². The van der Waals surface area contributed by atoms with E-state index in [2.05, 4.69) is 9.72 Å². The number of rotatable bonds is 3. The van der Waals surface area contributed by atoms with Crippen LogP contribution in [0.4, 0.5) is 4.39 Å². The fourth-order valence-electron chi connectivity index (χ4n) is 1.06.